The van der Waals surface area contributed by atoms with Crippen LogP contribution in [-0.2, 0) is 28.5 Å². The molecule has 1 saturated carbocycles. The molecule has 0 radical (unpaired) electrons. The number of ether oxygens (including phenoxy) is 4. The largest absolute Gasteiger partial charge is 0.472 e. The van der Waals surface area contributed by atoms with Gasteiger partial charge in [-0.25, -0.2) is 4.79 Å². The zero-order valence-corrected chi connectivity index (χ0v) is 17.5. The van der Waals surface area contributed by atoms with Crippen molar-refractivity contribution in [3.05, 3.63) is 48.0 Å². The van der Waals surface area contributed by atoms with Crippen LogP contribution in [0.15, 0.2) is 46.8 Å². The number of furan rings is 1. The smallest absolute Gasteiger partial charge is 0.334 e. The Kier molecular flexibility index (Phi) is 4.66. The third kappa shape index (κ3) is 2.58. The molecule has 8 nitrogen and oxygen atoms in total. The lowest BCUT2D eigenvalue weighted by Crippen LogP contribution is -2.70. The van der Waals surface area contributed by atoms with Crippen LogP contribution in [0.1, 0.15) is 44.3 Å². The van der Waals surface area contributed by atoms with Gasteiger partial charge in [-0.1, -0.05) is 18.2 Å². The van der Waals surface area contributed by atoms with Gasteiger partial charge in [0.05, 0.1) is 31.2 Å². The number of allylic oxidation sites excluding steroid dienone is 1. The quantitative estimate of drug-likeness (QED) is 0.577. The first-order valence-electron chi connectivity index (χ1n) is 10.5. The van der Waals surface area contributed by atoms with Crippen LogP contribution in [0.3, 0.4) is 0 Å². The number of esters is 2. The van der Waals surface area contributed by atoms with E-state index in [1.165, 1.54) is 14.0 Å². The summed E-state index contributed by atoms with van der Waals surface area (Å²) in [5.74, 6) is -1.34. The number of rotatable bonds is 3. The molecule has 5 rings (SSSR count). The van der Waals surface area contributed by atoms with Gasteiger partial charge in [-0.3, -0.25) is 4.79 Å². The van der Waals surface area contributed by atoms with E-state index in [1.807, 2.05) is 6.07 Å². The highest BCUT2D eigenvalue weighted by Gasteiger charge is 2.75. The van der Waals surface area contributed by atoms with Crippen LogP contribution in [-0.4, -0.2) is 42.8 Å². The van der Waals surface area contributed by atoms with Crippen molar-refractivity contribution >= 4 is 11.9 Å². The maximum absolute atomic E-state index is 12.9. The molecule has 4 aliphatic rings. The predicted octanol–water partition coefficient (Wildman–Crippen LogP) is 2.79. The second-order valence-corrected chi connectivity index (χ2v) is 8.82. The molecule has 2 aliphatic carbocycles. The summed E-state index contributed by atoms with van der Waals surface area (Å²) in [6, 6.07) is 1.84. The standard InChI is InChI=1S/C23H26O8/c1-12-9-18(29-13(2)24)23-15(19(25)27-3)5-4-6-17(23)22(12)10-16(14-7-8-28-11-14)30-21(22)31-20(23)26/h5,7-8,11,16-18,20-21,26H,1,4,6,9-10H2,2-3H3/t16-,17+,18+,20-,21+,22+,23+/m1/s1. The van der Waals surface area contributed by atoms with Crippen molar-refractivity contribution in [1.29, 1.82) is 0 Å². The number of carbonyl (C=O) groups is 2. The number of aliphatic hydroxyl groups is 1. The minimum atomic E-state index is -1.41. The van der Waals surface area contributed by atoms with Gasteiger partial charge < -0.3 is 28.5 Å². The molecule has 166 valence electrons. The summed E-state index contributed by atoms with van der Waals surface area (Å²) in [4.78, 5) is 24.8. The number of aliphatic hydroxyl groups excluding tert-OH is 1. The fourth-order valence-corrected chi connectivity index (χ4v) is 6.46. The normalized spacial score (nSPS) is 41.1. The van der Waals surface area contributed by atoms with Crippen molar-refractivity contribution in [1.82, 2.24) is 0 Å². The number of hydrogen-bond acceptors (Lipinski definition) is 8. The Morgan fingerprint density at radius 1 is 1.32 bits per heavy atom. The summed E-state index contributed by atoms with van der Waals surface area (Å²) in [5, 5.41) is 11.4. The molecule has 1 aromatic rings. The van der Waals surface area contributed by atoms with Crippen molar-refractivity contribution in [3.8, 4) is 0 Å². The monoisotopic (exact) mass is 430 g/mol. The third-order valence-corrected chi connectivity index (χ3v) is 7.61. The first-order chi connectivity index (χ1) is 14.9. The Labute approximate surface area is 179 Å². The first kappa shape index (κ1) is 20.5. The maximum Gasteiger partial charge on any atom is 0.334 e. The van der Waals surface area contributed by atoms with Crippen molar-refractivity contribution in [2.24, 2.45) is 16.7 Å². The molecule has 2 aliphatic heterocycles. The van der Waals surface area contributed by atoms with Gasteiger partial charge in [0.15, 0.2) is 12.6 Å². The molecule has 2 saturated heterocycles. The van der Waals surface area contributed by atoms with Crippen molar-refractivity contribution in [2.75, 3.05) is 7.11 Å². The molecule has 0 amide bonds. The fourth-order valence-electron chi connectivity index (χ4n) is 6.46. The second-order valence-electron chi connectivity index (χ2n) is 8.82. The van der Waals surface area contributed by atoms with Crippen molar-refractivity contribution < 1.29 is 38.1 Å². The highest BCUT2D eigenvalue weighted by atomic mass is 16.7. The molecule has 3 fully saturated rings. The van der Waals surface area contributed by atoms with Gasteiger partial charge in [-0.2, -0.15) is 0 Å². The average molecular weight is 430 g/mol. The molecule has 31 heavy (non-hydrogen) atoms. The number of hydrogen-bond donors (Lipinski definition) is 1. The molecule has 2 bridgehead atoms. The Morgan fingerprint density at radius 2 is 2.13 bits per heavy atom. The van der Waals surface area contributed by atoms with E-state index in [2.05, 4.69) is 6.58 Å². The Bertz CT molecular complexity index is 949. The summed E-state index contributed by atoms with van der Waals surface area (Å²) in [6.45, 7) is 5.67. The topological polar surface area (TPSA) is 104 Å². The highest BCUT2D eigenvalue weighted by molar-refractivity contribution is 5.91. The van der Waals surface area contributed by atoms with Gasteiger partial charge in [0, 0.05) is 29.9 Å². The third-order valence-electron chi connectivity index (χ3n) is 7.61. The van der Waals surface area contributed by atoms with Gasteiger partial charge in [0.25, 0.3) is 0 Å². The summed E-state index contributed by atoms with van der Waals surface area (Å²) in [7, 11) is 1.30. The molecule has 0 unspecified atom stereocenters. The zero-order chi connectivity index (χ0) is 22.0. The summed E-state index contributed by atoms with van der Waals surface area (Å²) in [6.07, 6.45) is 3.88. The molecule has 7 atom stereocenters. The molecular formula is C23H26O8. The van der Waals surface area contributed by atoms with Crippen LogP contribution < -0.4 is 0 Å². The molecule has 0 aromatic carbocycles. The van der Waals surface area contributed by atoms with Crippen LogP contribution >= 0.6 is 0 Å². The molecule has 1 spiro atoms. The van der Waals surface area contributed by atoms with E-state index in [1.54, 1.807) is 18.6 Å². The SMILES string of the molecule is C=C1C[C@H](OC(C)=O)[C@]23C(C(=O)OC)=CCC[C@H]2[C@]12C[C@H](c1ccoc1)O[C@H]2O[C@H]3O. The van der Waals surface area contributed by atoms with Crippen LogP contribution in [0.2, 0.25) is 0 Å². The molecule has 1 N–H and O–H groups in total. The van der Waals surface area contributed by atoms with Crippen LogP contribution in [0.5, 0.6) is 0 Å². The Balaban J connectivity index is 1.67. The van der Waals surface area contributed by atoms with E-state index in [4.69, 9.17) is 23.4 Å². The molecule has 1 aromatic heterocycles. The lowest BCUT2D eigenvalue weighted by Gasteiger charge is -2.64. The molecule has 3 heterocycles. The number of carbonyl (C=O) groups excluding carboxylic acids is 2. The lowest BCUT2D eigenvalue weighted by molar-refractivity contribution is -0.355. The van der Waals surface area contributed by atoms with E-state index in [-0.39, 0.29) is 12.0 Å². The van der Waals surface area contributed by atoms with Crippen LogP contribution in [0.25, 0.3) is 0 Å². The van der Waals surface area contributed by atoms with Crippen molar-refractivity contribution in [3.63, 3.8) is 0 Å². The van der Waals surface area contributed by atoms with E-state index in [0.717, 1.165) is 11.1 Å². The van der Waals surface area contributed by atoms with Gasteiger partial charge in [0.2, 0.25) is 0 Å². The minimum absolute atomic E-state index is 0.282. The Morgan fingerprint density at radius 3 is 2.81 bits per heavy atom. The van der Waals surface area contributed by atoms with E-state index in [0.29, 0.717) is 31.3 Å². The predicted molar refractivity (Wildman–Crippen MR) is 105 cm³/mol. The second kappa shape index (κ2) is 7.05. The molecule has 8 heteroatoms. The van der Waals surface area contributed by atoms with E-state index in [9.17, 15) is 14.7 Å². The van der Waals surface area contributed by atoms with Crippen LogP contribution in [0.4, 0.5) is 0 Å². The van der Waals surface area contributed by atoms with Gasteiger partial charge in [-0.05, 0) is 31.2 Å². The maximum atomic E-state index is 12.9. The number of methoxy groups -OCH3 is 1. The summed E-state index contributed by atoms with van der Waals surface area (Å²) in [5.41, 5.74) is 0.103. The van der Waals surface area contributed by atoms with E-state index < -0.39 is 41.5 Å². The van der Waals surface area contributed by atoms with Gasteiger partial charge in [0.1, 0.15) is 6.10 Å². The average Bonchev–Trinajstić information content (AvgIpc) is 3.39. The zero-order valence-electron chi connectivity index (χ0n) is 17.5. The lowest BCUT2D eigenvalue weighted by atomic mass is 9.44. The molecular weight excluding hydrogens is 404 g/mol. The van der Waals surface area contributed by atoms with Gasteiger partial charge >= 0.3 is 11.9 Å². The van der Waals surface area contributed by atoms with Gasteiger partial charge in [-0.15, -0.1) is 0 Å². The first-order valence-corrected chi connectivity index (χ1v) is 10.5. The highest BCUT2D eigenvalue weighted by Crippen LogP contribution is 2.71. The minimum Gasteiger partial charge on any atom is -0.472 e. The van der Waals surface area contributed by atoms with Crippen LogP contribution in [0, 0.1) is 16.7 Å². The summed E-state index contributed by atoms with van der Waals surface area (Å²) < 4.78 is 28.3. The fraction of sp³-hybridized carbons (Fsp3) is 0.565. The van der Waals surface area contributed by atoms with E-state index >= 15 is 0 Å². The van der Waals surface area contributed by atoms with Crippen molar-refractivity contribution in [2.45, 2.75) is 57.4 Å². The summed E-state index contributed by atoms with van der Waals surface area (Å²) >= 11 is 0. The Hall–Kier alpha value is -2.42.